The molecule has 7 nitrogen and oxygen atoms in total. The van der Waals surface area contributed by atoms with Crippen molar-refractivity contribution in [2.24, 2.45) is 7.05 Å². The highest BCUT2D eigenvalue weighted by Crippen LogP contribution is 2.27. The van der Waals surface area contributed by atoms with Crippen LogP contribution in [-0.2, 0) is 7.05 Å². The van der Waals surface area contributed by atoms with Crippen LogP contribution in [-0.4, -0.2) is 38.1 Å². The van der Waals surface area contributed by atoms with Crippen molar-refractivity contribution >= 4 is 5.91 Å². The molecule has 1 aliphatic rings. The van der Waals surface area contributed by atoms with Crippen LogP contribution in [0.3, 0.4) is 0 Å². The summed E-state index contributed by atoms with van der Waals surface area (Å²) in [6, 6.07) is 6.96. The Bertz CT molecular complexity index is 1070. The third-order valence-corrected chi connectivity index (χ3v) is 5.00. The summed E-state index contributed by atoms with van der Waals surface area (Å²) in [4.78, 5) is 21.7. The lowest BCUT2D eigenvalue weighted by molar-refractivity contribution is -0.274. The Balaban J connectivity index is 1.68. The number of carbonyl (C=O) groups excluding carboxylic acids is 1. The Morgan fingerprint density at radius 3 is 2.45 bits per heavy atom. The van der Waals surface area contributed by atoms with Crippen LogP contribution < -0.4 is 10.1 Å². The van der Waals surface area contributed by atoms with Crippen LogP contribution in [0.1, 0.15) is 36.2 Å². The maximum Gasteiger partial charge on any atom is 0.573 e. The molecule has 0 atom stereocenters. The number of benzene rings is 1. The van der Waals surface area contributed by atoms with Gasteiger partial charge in [-0.3, -0.25) is 9.48 Å². The first kappa shape index (κ1) is 20.8. The van der Waals surface area contributed by atoms with Gasteiger partial charge in [-0.25, -0.2) is 9.97 Å². The van der Waals surface area contributed by atoms with E-state index in [1.54, 1.807) is 24.1 Å². The monoisotopic (exact) mass is 431 g/mol. The number of hydrogen-bond acceptors (Lipinski definition) is 5. The lowest BCUT2D eigenvalue weighted by Gasteiger charge is -2.13. The van der Waals surface area contributed by atoms with E-state index in [4.69, 9.17) is 0 Å². The standard InChI is InChI=1S/C21H20F3N5O2/c1-29-12-14(11-25-29)19-27-17(13-6-8-16(9-7-13)31-21(22,23)24)10-18(28-19)20(30)26-15-4-2-3-5-15/h6-12,15H,2-5H2,1H3,(H,26,30). The molecule has 162 valence electrons. The maximum absolute atomic E-state index is 12.8. The van der Waals surface area contributed by atoms with Gasteiger partial charge >= 0.3 is 6.36 Å². The van der Waals surface area contributed by atoms with Gasteiger partial charge in [0, 0.05) is 24.8 Å². The highest BCUT2D eigenvalue weighted by molar-refractivity contribution is 5.94. The van der Waals surface area contributed by atoms with Gasteiger partial charge in [0.2, 0.25) is 0 Å². The van der Waals surface area contributed by atoms with Crippen molar-refractivity contribution in [2.45, 2.75) is 38.1 Å². The molecular weight excluding hydrogens is 411 g/mol. The summed E-state index contributed by atoms with van der Waals surface area (Å²) < 4.78 is 42.8. The van der Waals surface area contributed by atoms with Crippen LogP contribution in [0.4, 0.5) is 13.2 Å². The van der Waals surface area contributed by atoms with Crippen molar-refractivity contribution in [3.05, 3.63) is 48.4 Å². The normalized spacial score (nSPS) is 14.6. The summed E-state index contributed by atoms with van der Waals surface area (Å²) in [7, 11) is 1.75. The molecule has 0 radical (unpaired) electrons. The van der Waals surface area contributed by atoms with E-state index in [1.807, 2.05) is 0 Å². The molecule has 31 heavy (non-hydrogen) atoms. The maximum atomic E-state index is 12.8. The lowest BCUT2D eigenvalue weighted by atomic mass is 10.1. The summed E-state index contributed by atoms with van der Waals surface area (Å²) in [6.07, 6.45) is 2.55. The molecule has 1 saturated carbocycles. The summed E-state index contributed by atoms with van der Waals surface area (Å²) in [5.74, 6) is -0.340. The average Bonchev–Trinajstić information content (AvgIpc) is 3.39. The summed E-state index contributed by atoms with van der Waals surface area (Å²) >= 11 is 0. The molecule has 4 rings (SSSR count). The van der Waals surface area contributed by atoms with Gasteiger partial charge in [-0.2, -0.15) is 5.10 Å². The quantitative estimate of drug-likeness (QED) is 0.657. The van der Waals surface area contributed by atoms with Gasteiger partial charge in [-0.1, -0.05) is 12.8 Å². The highest BCUT2D eigenvalue weighted by Gasteiger charge is 2.31. The van der Waals surface area contributed by atoms with Crippen molar-refractivity contribution in [1.29, 1.82) is 0 Å². The van der Waals surface area contributed by atoms with Gasteiger partial charge in [0.25, 0.3) is 5.91 Å². The topological polar surface area (TPSA) is 81.9 Å². The number of rotatable bonds is 5. The van der Waals surface area contributed by atoms with E-state index in [1.165, 1.54) is 30.3 Å². The van der Waals surface area contributed by atoms with Gasteiger partial charge in [0.15, 0.2) is 5.82 Å². The zero-order valence-corrected chi connectivity index (χ0v) is 16.7. The summed E-state index contributed by atoms with van der Waals surface area (Å²) in [5.41, 5.74) is 1.74. The van der Waals surface area contributed by atoms with Crippen LogP contribution in [0.25, 0.3) is 22.6 Å². The second-order valence-electron chi connectivity index (χ2n) is 7.39. The zero-order valence-electron chi connectivity index (χ0n) is 16.7. The molecule has 1 N–H and O–H groups in total. The number of alkyl halides is 3. The molecule has 1 aliphatic carbocycles. The van der Waals surface area contributed by atoms with Crippen molar-refractivity contribution in [3.8, 4) is 28.4 Å². The van der Waals surface area contributed by atoms with E-state index < -0.39 is 6.36 Å². The molecule has 3 aromatic rings. The van der Waals surface area contributed by atoms with E-state index >= 15 is 0 Å². The Hall–Kier alpha value is -3.43. The van der Waals surface area contributed by atoms with Crippen LogP contribution in [0.5, 0.6) is 5.75 Å². The van der Waals surface area contributed by atoms with E-state index in [9.17, 15) is 18.0 Å². The first-order chi connectivity index (χ1) is 14.8. The minimum absolute atomic E-state index is 0.117. The number of aryl methyl sites for hydroxylation is 1. The SMILES string of the molecule is Cn1cc(-c2nc(C(=O)NC3CCCC3)cc(-c3ccc(OC(F)(F)F)cc3)n2)cn1. The summed E-state index contributed by atoms with van der Waals surface area (Å²) in [5, 5.41) is 7.11. The van der Waals surface area contributed by atoms with Gasteiger partial charge in [0.1, 0.15) is 11.4 Å². The third-order valence-electron chi connectivity index (χ3n) is 5.00. The van der Waals surface area contributed by atoms with Crippen LogP contribution >= 0.6 is 0 Å². The fraction of sp³-hybridized carbons (Fsp3) is 0.333. The third kappa shape index (κ3) is 5.19. The number of hydrogen-bond donors (Lipinski definition) is 1. The van der Waals surface area contributed by atoms with Gasteiger partial charge < -0.3 is 10.1 Å². The molecule has 10 heteroatoms. The fourth-order valence-corrected chi connectivity index (χ4v) is 3.53. The number of nitrogens with one attached hydrogen (secondary N) is 1. The van der Waals surface area contributed by atoms with Crippen molar-refractivity contribution in [1.82, 2.24) is 25.1 Å². The molecule has 0 bridgehead atoms. The first-order valence-electron chi connectivity index (χ1n) is 9.82. The summed E-state index contributed by atoms with van der Waals surface area (Å²) in [6.45, 7) is 0. The number of ether oxygens (including phenoxy) is 1. The second kappa shape index (κ2) is 8.37. The van der Waals surface area contributed by atoms with Crippen molar-refractivity contribution < 1.29 is 22.7 Å². The Labute approximate surface area is 176 Å². The smallest absolute Gasteiger partial charge is 0.406 e. The molecule has 0 spiro atoms. The van der Waals surface area contributed by atoms with Crippen molar-refractivity contribution in [2.75, 3.05) is 0 Å². The van der Waals surface area contributed by atoms with Crippen LogP contribution in [0.15, 0.2) is 42.7 Å². The second-order valence-corrected chi connectivity index (χ2v) is 7.39. The molecule has 0 aliphatic heterocycles. The molecular formula is C21H20F3N5O2. The van der Waals surface area contributed by atoms with E-state index in [0.717, 1.165) is 25.7 Å². The van der Waals surface area contributed by atoms with E-state index in [-0.39, 0.29) is 23.4 Å². The zero-order chi connectivity index (χ0) is 22.0. The molecule has 2 heterocycles. The number of carbonyl (C=O) groups is 1. The number of halogens is 3. The lowest BCUT2D eigenvalue weighted by Crippen LogP contribution is -2.33. The molecule has 1 aromatic carbocycles. The largest absolute Gasteiger partial charge is 0.573 e. The Kier molecular flexibility index (Phi) is 5.62. The van der Waals surface area contributed by atoms with Crippen LogP contribution in [0.2, 0.25) is 0 Å². The molecule has 0 unspecified atom stereocenters. The predicted octanol–water partition coefficient (Wildman–Crippen LogP) is 4.12. The number of nitrogens with zero attached hydrogens (tertiary/aromatic N) is 4. The fourth-order valence-electron chi connectivity index (χ4n) is 3.53. The van der Waals surface area contributed by atoms with E-state index in [2.05, 4.69) is 25.1 Å². The van der Waals surface area contributed by atoms with Crippen molar-refractivity contribution in [3.63, 3.8) is 0 Å². The van der Waals surface area contributed by atoms with Gasteiger partial charge in [-0.05, 0) is 43.2 Å². The molecule has 0 saturated heterocycles. The number of aromatic nitrogens is 4. The van der Waals surface area contributed by atoms with Gasteiger partial charge in [0.05, 0.1) is 17.5 Å². The molecule has 1 fully saturated rings. The molecule has 2 aromatic heterocycles. The van der Waals surface area contributed by atoms with Gasteiger partial charge in [-0.15, -0.1) is 13.2 Å². The Morgan fingerprint density at radius 2 is 1.84 bits per heavy atom. The highest BCUT2D eigenvalue weighted by atomic mass is 19.4. The molecule has 1 amide bonds. The minimum Gasteiger partial charge on any atom is -0.406 e. The number of amides is 1. The Morgan fingerprint density at radius 1 is 1.13 bits per heavy atom. The van der Waals surface area contributed by atoms with Crippen LogP contribution in [0, 0.1) is 0 Å². The van der Waals surface area contributed by atoms with E-state index in [0.29, 0.717) is 22.6 Å². The first-order valence-corrected chi connectivity index (χ1v) is 9.82. The average molecular weight is 431 g/mol. The minimum atomic E-state index is -4.77. The predicted molar refractivity (Wildman–Crippen MR) is 106 cm³/mol.